The van der Waals surface area contributed by atoms with Crippen molar-refractivity contribution < 1.29 is 4.79 Å². The second-order valence-corrected chi connectivity index (χ2v) is 2.86. The second kappa shape index (κ2) is 4.40. The van der Waals surface area contributed by atoms with Gasteiger partial charge in [-0.25, -0.2) is 0 Å². The van der Waals surface area contributed by atoms with E-state index < -0.39 is 0 Å². The van der Waals surface area contributed by atoms with Crippen LogP contribution >= 0.6 is 0 Å². The molecule has 68 valence electrons. The normalized spacial score (nSPS) is 10.3. The molecule has 1 heterocycles. The summed E-state index contributed by atoms with van der Waals surface area (Å²) in [5.74, 6) is -0.0747. The fourth-order valence-corrected chi connectivity index (χ4v) is 0.811. The Labute approximate surface area is 77.7 Å². The second-order valence-electron chi connectivity index (χ2n) is 2.86. The van der Waals surface area contributed by atoms with Gasteiger partial charge in [0, 0.05) is 32.6 Å². The fraction of sp³-hybridized carbons (Fsp3) is 0.200. The van der Waals surface area contributed by atoms with Crippen LogP contribution in [-0.2, 0) is 0 Å². The Kier molecular flexibility index (Phi) is 3.20. The van der Waals surface area contributed by atoms with Crippen LogP contribution in [0.25, 0.3) is 0 Å². The van der Waals surface area contributed by atoms with Crippen LogP contribution in [0.15, 0.2) is 36.7 Å². The molecule has 13 heavy (non-hydrogen) atoms. The van der Waals surface area contributed by atoms with E-state index in [-0.39, 0.29) is 5.78 Å². The summed E-state index contributed by atoms with van der Waals surface area (Å²) in [5.41, 5.74) is 0.473. The van der Waals surface area contributed by atoms with E-state index in [0.29, 0.717) is 5.69 Å². The van der Waals surface area contributed by atoms with Gasteiger partial charge in [0.1, 0.15) is 5.69 Å². The summed E-state index contributed by atoms with van der Waals surface area (Å²) in [7, 11) is 3.73. The minimum atomic E-state index is -0.0747. The number of carbonyl (C=O) groups excluding carboxylic acids is 1. The molecule has 0 N–H and O–H groups in total. The molecule has 1 rings (SSSR count). The predicted molar refractivity (Wildman–Crippen MR) is 51.4 cm³/mol. The highest BCUT2D eigenvalue weighted by atomic mass is 16.1. The largest absolute Gasteiger partial charge is 0.383 e. The maximum absolute atomic E-state index is 11.4. The smallest absolute Gasteiger partial charge is 0.205 e. The van der Waals surface area contributed by atoms with Crippen molar-refractivity contribution in [2.45, 2.75) is 0 Å². The van der Waals surface area contributed by atoms with Crippen LogP contribution in [0.4, 0.5) is 0 Å². The Balaban J connectivity index is 2.70. The number of pyridine rings is 1. The number of nitrogens with zero attached hydrogens (tertiary/aromatic N) is 2. The van der Waals surface area contributed by atoms with Gasteiger partial charge in [-0.1, -0.05) is 6.07 Å². The van der Waals surface area contributed by atoms with Crippen molar-refractivity contribution in [2.24, 2.45) is 0 Å². The number of aromatic nitrogens is 1. The predicted octanol–water partition coefficient (Wildman–Crippen LogP) is 1.34. The van der Waals surface area contributed by atoms with E-state index in [2.05, 4.69) is 4.98 Å². The van der Waals surface area contributed by atoms with Gasteiger partial charge in [-0.2, -0.15) is 0 Å². The van der Waals surface area contributed by atoms with E-state index in [1.807, 2.05) is 14.1 Å². The molecule has 0 fully saturated rings. The summed E-state index contributed by atoms with van der Waals surface area (Å²) >= 11 is 0. The van der Waals surface area contributed by atoms with Crippen LogP contribution < -0.4 is 0 Å². The zero-order valence-corrected chi connectivity index (χ0v) is 7.77. The lowest BCUT2D eigenvalue weighted by atomic mass is 10.2. The summed E-state index contributed by atoms with van der Waals surface area (Å²) in [6, 6.07) is 5.28. The first-order chi connectivity index (χ1) is 6.20. The van der Waals surface area contributed by atoms with Gasteiger partial charge in [-0.15, -0.1) is 0 Å². The number of ketones is 1. The minimum absolute atomic E-state index is 0.0747. The molecule has 0 bridgehead atoms. The molecule has 0 aliphatic rings. The van der Waals surface area contributed by atoms with Crippen molar-refractivity contribution in [1.29, 1.82) is 0 Å². The minimum Gasteiger partial charge on any atom is -0.383 e. The molecule has 0 aromatic carbocycles. The van der Waals surface area contributed by atoms with Gasteiger partial charge in [0.05, 0.1) is 0 Å². The lowest BCUT2D eigenvalue weighted by molar-refractivity contribution is 0.104. The van der Waals surface area contributed by atoms with Gasteiger partial charge in [0.25, 0.3) is 0 Å². The lowest BCUT2D eigenvalue weighted by Gasteiger charge is -2.02. The van der Waals surface area contributed by atoms with Gasteiger partial charge in [0.2, 0.25) is 5.78 Å². The number of allylic oxidation sites excluding steroid dienone is 1. The Hall–Kier alpha value is -1.64. The van der Waals surface area contributed by atoms with E-state index in [1.54, 1.807) is 35.5 Å². The van der Waals surface area contributed by atoms with Crippen LogP contribution in [0.2, 0.25) is 0 Å². The molecule has 0 saturated carbocycles. The maximum atomic E-state index is 11.4. The lowest BCUT2D eigenvalue weighted by Crippen LogP contribution is -2.03. The zero-order valence-electron chi connectivity index (χ0n) is 7.77. The SMILES string of the molecule is CN(C)C=CC(=O)c1ccccn1. The molecule has 0 aliphatic heterocycles. The van der Waals surface area contributed by atoms with Crippen LogP contribution in [0.3, 0.4) is 0 Å². The van der Waals surface area contributed by atoms with E-state index in [1.165, 1.54) is 6.08 Å². The molecule has 0 saturated heterocycles. The van der Waals surface area contributed by atoms with Crippen LogP contribution in [-0.4, -0.2) is 29.8 Å². The first-order valence-electron chi connectivity index (χ1n) is 4.00. The van der Waals surface area contributed by atoms with Crippen molar-refractivity contribution in [3.05, 3.63) is 42.4 Å². The Morgan fingerprint density at radius 2 is 2.23 bits per heavy atom. The molecule has 0 aliphatic carbocycles. The van der Waals surface area contributed by atoms with Gasteiger partial charge < -0.3 is 4.90 Å². The number of carbonyl (C=O) groups is 1. The molecule has 0 unspecified atom stereocenters. The average Bonchev–Trinajstić information content (AvgIpc) is 2.15. The molecule has 0 amide bonds. The number of hydrogen-bond donors (Lipinski definition) is 0. The van der Waals surface area contributed by atoms with Gasteiger partial charge in [0.15, 0.2) is 0 Å². The summed E-state index contributed by atoms with van der Waals surface area (Å²) in [6.45, 7) is 0. The Bertz CT molecular complexity index is 304. The monoisotopic (exact) mass is 176 g/mol. The van der Waals surface area contributed by atoms with Crippen LogP contribution in [0, 0.1) is 0 Å². The van der Waals surface area contributed by atoms with Crippen molar-refractivity contribution in [1.82, 2.24) is 9.88 Å². The molecule has 0 radical (unpaired) electrons. The summed E-state index contributed by atoms with van der Waals surface area (Å²) in [6.07, 6.45) is 4.82. The Morgan fingerprint density at radius 1 is 1.46 bits per heavy atom. The summed E-state index contributed by atoms with van der Waals surface area (Å²) in [4.78, 5) is 17.1. The standard InChI is InChI=1S/C10H12N2O/c1-12(2)8-6-10(13)9-5-3-4-7-11-9/h3-8H,1-2H3. The van der Waals surface area contributed by atoms with E-state index in [0.717, 1.165) is 0 Å². The molecule has 0 spiro atoms. The zero-order chi connectivity index (χ0) is 9.68. The molecule has 0 atom stereocenters. The Morgan fingerprint density at radius 3 is 2.77 bits per heavy atom. The highest BCUT2D eigenvalue weighted by Crippen LogP contribution is 1.96. The molecular formula is C10H12N2O. The third-order valence-electron chi connectivity index (χ3n) is 1.44. The van der Waals surface area contributed by atoms with E-state index in [4.69, 9.17) is 0 Å². The fourth-order valence-electron chi connectivity index (χ4n) is 0.811. The van der Waals surface area contributed by atoms with Crippen LogP contribution in [0.5, 0.6) is 0 Å². The summed E-state index contributed by atoms with van der Waals surface area (Å²) < 4.78 is 0. The quantitative estimate of drug-likeness (QED) is 0.514. The highest BCUT2D eigenvalue weighted by Gasteiger charge is 2.00. The summed E-state index contributed by atoms with van der Waals surface area (Å²) in [5, 5.41) is 0. The highest BCUT2D eigenvalue weighted by molar-refractivity contribution is 6.02. The first kappa shape index (κ1) is 9.45. The van der Waals surface area contributed by atoms with Crippen molar-refractivity contribution in [3.8, 4) is 0 Å². The molecule has 1 aromatic rings. The van der Waals surface area contributed by atoms with Gasteiger partial charge >= 0.3 is 0 Å². The van der Waals surface area contributed by atoms with Crippen molar-refractivity contribution in [2.75, 3.05) is 14.1 Å². The van der Waals surface area contributed by atoms with Crippen molar-refractivity contribution in [3.63, 3.8) is 0 Å². The van der Waals surface area contributed by atoms with Gasteiger partial charge in [-0.3, -0.25) is 9.78 Å². The topological polar surface area (TPSA) is 33.2 Å². The molecule has 3 heteroatoms. The first-order valence-corrected chi connectivity index (χ1v) is 4.00. The maximum Gasteiger partial charge on any atom is 0.205 e. The molecule has 3 nitrogen and oxygen atoms in total. The third kappa shape index (κ3) is 3.07. The molecule has 1 aromatic heterocycles. The number of rotatable bonds is 3. The van der Waals surface area contributed by atoms with Gasteiger partial charge in [-0.05, 0) is 12.1 Å². The van der Waals surface area contributed by atoms with Crippen LogP contribution in [0.1, 0.15) is 10.5 Å². The third-order valence-corrected chi connectivity index (χ3v) is 1.44. The average molecular weight is 176 g/mol. The van der Waals surface area contributed by atoms with Crippen molar-refractivity contribution >= 4 is 5.78 Å². The molecular weight excluding hydrogens is 164 g/mol. The number of hydrogen-bond acceptors (Lipinski definition) is 3. The van der Waals surface area contributed by atoms with E-state index in [9.17, 15) is 4.79 Å². The van der Waals surface area contributed by atoms with E-state index >= 15 is 0 Å².